The molecule has 6 nitrogen and oxygen atoms in total. The van der Waals surface area contributed by atoms with Crippen molar-refractivity contribution >= 4 is 27.8 Å². The van der Waals surface area contributed by atoms with E-state index in [1.807, 2.05) is 0 Å². The highest BCUT2D eigenvalue weighted by Gasteiger charge is 2.41. The molecule has 1 aliphatic rings. The van der Waals surface area contributed by atoms with Crippen molar-refractivity contribution in [2.75, 3.05) is 13.7 Å². The van der Waals surface area contributed by atoms with Crippen LogP contribution in [0.1, 0.15) is 11.8 Å². The highest BCUT2D eigenvalue weighted by Crippen LogP contribution is 2.31. The van der Waals surface area contributed by atoms with Crippen LogP contribution in [-0.2, 0) is 14.3 Å². The molecule has 92 valence electrons. The van der Waals surface area contributed by atoms with E-state index in [1.165, 1.54) is 11.9 Å². The quantitative estimate of drug-likeness (QED) is 0.882. The second-order valence-electron chi connectivity index (χ2n) is 3.66. The molecule has 1 aliphatic heterocycles. The van der Waals surface area contributed by atoms with E-state index in [-0.39, 0.29) is 12.5 Å². The maximum absolute atomic E-state index is 11.5. The van der Waals surface area contributed by atoms with Gasteiger partial charge < -0.3 is 19.2 Å². The average molecular weight is 304 g/mol. The van der Waals surface area contributed by atoms with Gasteiger partial charge in [0.05, 0.1) is 0 Å². The van der Waals surface area contributed by atoms with Crippen LogP contribution in [0.2, 0.25) is 0 Å². The number of morpholine rings is 1. The number of aliphatic carboxylic acids is 1. The Morgan fingerprint density at radius 2 is 2.29 bits per heavy atom. The number of rotatable bonds is 2. The molecule has 0 aromatic carbocycles. The number of likely N-dealkylation sites (N-methyl/N-ethyl adjacent to an activating group) is 1. The summed E-state index contributed by atoms with van der Waals surface area (Å²) in [5, 5.41) is 9.06. The van der Waals surface area contributed by atoms with Gasteiger partial charge in [-0.3, -0.25) is 4.79 Å². The van der Waals surface area contributed by atoms with Crippen LogP contribution in [0.4, 0.5) is 0 Å². The molecule has 0 radical (unpaired) electrons. The fourth-order valence-electron chi connectivity index (χ4n) is 1.75. The topological polar surface area (TPSA) is 80.0 Å². The lowest BCUT2D eigenvalue weighted by molar-refractivity contribution is -0.172. The van der Waals surface area contributed by atoms with E-state index in [0.717, 1.165) is 0 Å². The van der Waals surface area contributed by atoms with Crippen LogP contribution in [0.3, 0.4) is 0 Å². The van der Waals surface area contributed by atoms with Gasteiger partial charge in [-0.15, -0.1) is 0 Å². The molecule has 1 fully saturated rings. The summed E-state index contributed by atoms with van der Waals surface area (Å²) in [6.07, 6.45) is -1.12. The number of carbonyl (C=O) groups excluding carboxylic acids is 1. The van der Waals surface area contributed by atoms with Crippen molar-refractivity contribution in [1.29, 1.82) is 0 Å². The molecular formula is C10H10BrNO5. The second kappa shape index (κ2) is 4.50. The first kappa shape index (κ1) is 12.1. The minimum Gasteiger partial charge on any atom is -0.479 e. The summed E-state index contributed by atoms with van der Waals surface area (Å²) in [5.41, 5.74) is 0. The molecule has 0 saturated carbocycles. The number of furan rings is 1. The third-order valence-corrected chi connectivity index (χ3v) is 3.04. The van der Waals surface area contributed by atoms with Gasteiger partial charge in [-0.05, 0) is 28.1 Å². The molecule has 0 spiro atoms. The first-order valence-electron chi connectivity index (χ1n) is 4.86. The minimum atomic E-state index is -1.12. The number of nitrogens with zero attached hydrogens (tertiary/aromatic N) is 1. The third-order valence-electron chi connectivity index (χ3n) is 2.61. The van der Waals surface area contributed by atoms with Gasteiger partial charge in [0.1, 0.15) is 18.4 Å². The fourth-order valence-corrected chi connectivity index (χ4v) is 2.06. The standard InChI is InChI=1S/C10H10BrNO5/c1-12-7(13)4-16-9(10(14)15)8(12)5-2-3-6(11)17-5/h2-3,8-9H,4H2,1H3,(H,14,15). The van der Waals surface area contributed by atoms with Gasteiger partial charge in [-0.25, -0.2) is 4.79 Å². The Balaban J connectivity index is 2.36. The molecule has 2 heterocycles. The van der Waals surface area contributed by atoms with Crippen LogP contribution in [0.5, 0.6) is 0 Å². The predicted octanol–water partition coefficient (Wildman–Crippen LogP) is 1.02. The summed E-state index contributed by atoms with van der Waals surface area (Å²) in [5.74, 6) is -1.03. The summed E-state index contributed by atoms with van der Waals surface area (Å²) in [6.45, 7) is -0.230. The van der Waals surface area contributed by atoms with Crippen molar-refractivity contribution in [3.05, 3.63) is 22.6 Å². The molecule has 2 rings (SSSR count). The molecule has 0 bridgehead atoms. The number of carboxylic acids is 1. The largest absolute Gasteiger partial charge is 0.479 e. The Hall–Kier alpha value is -1.34. The summed E-state index contributed by atoms with van der Waals surface area (Å²) < 4.78 is 10.8. The summed E-state index contributed by atoms with van der Waals surface area (Å²) in [7, 11) is 1.53. The molecule has 1 amide bonds. The van der Waals surface area contributed by atoms with Crippen molar-refractivity contribution in [2.24, 2.45) is 0 Å². The Bertz CT molecular complexity index is 457. The molecule has 0 aliphatic carbocycles. The Labute approximate surface area is 105 Å². The number of hydrogen-bond donors (Lipinski definition) is 1. The maximum Gasteiger partial charge on any atom is 0.335 e. The number of ether oxygens (including phenoxy) is 1. The van der Waals surface area contributed by atoms with Crippen molar-refractivity contribution < 1.29 is 23.8 Å². The Morgan fingerprint density at radius 1 is 1.59 bits per heavy atom. The first-order chi connectivity index (χ1) is 8.00. The zero-order valence-corrected chi connectivity index (χ0v) is 10.5. The summed E-state index contributed by atoms with van der Waals surface area (Å²) in [6, 6.07) is 2.50. The van der Waals surface area contributed by atoms with E-state index in [1.54, 1.807) is 12.1 Å². The normalized spacial score (nSPS) is 25.1. The van der Waals surface area contributed by atoms with Gasteiger partial charge in [0, 0.05) is 7.05 Å². The maximum atomic E-state index is 11.5. The van der Waals surface area contributed by atoms with Gasteiger partial charge >= 0.3 is 5.97 Å². The van der Waals surface area contributed by atoms with Crippen molar-refractivity contribution in [3.63, 3.8) is 0 Å². The molecule has 1 aromatic rings. The minimum absolute atomic E-state index is 0.230. The van der Waals surface area contributed by atoms with Crippen LogP contribution in [0, 0.1) is 0 Å². The van der Waals surface area contributed by atoms with Crippen LogP contribution >= 0.6 is 15.9 Å². The Morgan fingerprint density at radius 3 is 2.82 bits per heavy atom. The van der Waals surface area contributed by atoms with Gasteiger partial charge in [0.25, 0.3) is 0 Å². The number of carbonyl (C=O) groups is 2. The number of halogens is 1. The summed E-state index contributed by atoms with van der Waals surface area (Å²) >= 11 is 3.13. The van der Waals surface area contributed by atoms with E-state index < -0.39 is 18.1 Å². The second-order valence-corrected chi connectivity index (χ2v) is 4.44. The van der Waals surface area contributed by atoms with Gasteiger partial charge in [0.2, 0.25) is 5.91 Å². The van der Waals surface area contributed by atoms with E-state index >= 15 is 0 Å². The highest BCUT2D eigenvalue weighted by molar-refractivity contribution is 9.10. The zero-order chi connectivity index (χ0) is 12.6. The molecule has 1 N–H and O–H groups in total. The molecule has 7 heteroatoms. The van der Waals surface area contributed by atoms with Gasteiger partial charge in [-0.2, -0.15) is 0 Å². The van der Waals surface area contributed by atoms with E-state index in [9.17, 15) is 9.59 Å². The summed E-state index contributed by atoms with van der Waals surface area (Å²) in [4.78, 5) is 23.9. The SMILES string of the molecule is CN1C(=O)COC(C(=O)O)C1c1ccc(Br)o1. The molecule has 17 heavy (non-hydrogen) atoms. The zero-order valence-electron chi connectivity index (χ0n) is 8.92. The van der Waals surface area contributed by atoms with E-state index in [4.69, 9.17) is 14.3 Å². The molecule has 2 unspecified atom stereocenters. The lowest BCUT2D eigenvalue weighted by Crippen LogP contribution is -2.49. The van der Waals surface area contributed by atoms with Crippen LogP contribution in [-0.4, -0.2) is 41.6 Å². The number of amides is 1. The highest BCUT2D eigenvalue weighted by atomic mass is 79.9. The lowest BCUT2D eigenvalue weighted by Gasteiger charge is -2.35. The third kappa shape index (κ3) is 2.20. The molecule has 1 saturated heterocycles. The average Bonchev–Trinajstić information content (AvgIpc) is 2.68. The molecule has 2 atom stereocenters. The molecule has 1 aromatic heterocycles. The van der Waals surface area contributed by atoms with Crippen molar-refractivity contribution in [2.45, 2.75) is 12.1 Å². The van der Waals surface area contributed by atoms with Crippen molar-refractivity contribution in [3.8, 4) is 0 Å². The Kier molecular flexibility index (Phi) is 3.21. The van der Waals surface area contributed by atoms with Crippen LogP contribution in [0.15, 0.2) is 21.2 Å². The van der Waals surface area contributed by atoms with Gasteiger partial charge in [-0.1, -0.05) is 0 Å². The lowest BCUT2D eigenvalue weighted by atomic mass is 10.1. The number of hydrogen-bond acceptors (Lipinski definition) is 4. The van der Waals surface area contributed by atoms with Crippen LogP contribution in [0.25, 0.3) is 0 Å². The van der Waals surface area contributed by atoms with Crippen LogP contribution < -0.4 is 0 Å². The smallest absolute Gasteiger partial charge is 0.335 e. The fraction of sp³-hybridized carbons (Fsp3) is 0.400. The molecular weight excluding hydrogens is 294 g/mol. The van der Waals surface area contributed by atoms with Gasteiger partial charge in [0.15, 0.2) is 10.8 Å². The van der Waals surface area contributed by atoms with E-state index in [0.29, 0.717) is 10.4 Å². The predicted molar refractivity (Wildman–Crippen MR) is 59.3 cm³/mol. The first-order valence-corrected chi connectivity index (χ1v) is 5.65. The monoisotopic (exact) mass is 303 g/mol. The van der Waals surface area contributed by atoms with E-state index in [2.05, 4.69) is 15.9 Å². The number of carboxylic acid groups (broad SMARTS) is 1. The van der Waals surface area contributed by atoms with Crippen molar-refractivity contribution in [1.82, 2.24) is 4.90 Å².